The second-order valence-electron chi connectivity index (χ2n) is 2.11. The van der Waals surface area contributed by atoms with Crippen LogP contribution in [0.1, 0.15) is 10.4 Å². The Labute approximate surface area is 95.7 Å². The monoisotopic (exact) mass is 301 g/mol. The maximum atomic E-state index is 11.3. The van der Waals surface area contributed by atoms with Crippen molar-refractivity contribution in [3.63, 3.8) is 0 Å². The van der Waals surface area contributed by atoms with Gasteiger partial charge in [0, 0.05) is 0 Å². The van der Waals surface area contributed by atoms with Crippen LogP contribution in [-0.2, 0) is 11.4 Å². The van der Waals surface area contributed by atoms with E-state index in [2.05, 4.69) is 15.9 Å². The summed E-state index contributed by atoms with van der Waals surface area (Å²) >= 11 is 8.10. The highest BCUT2D eigenvalue weighted by Gasteiger charge is 2.22. The van der Waals surface area contributed by atoms with Crippen molar-refractivity contribution in [3.05, 3.63) is 16.0 Å². The first-order valence-electron chi connectivity index (χ1n) is 3.11. The molecule has 13 heavy (non-hydrogen) atoms. The van der Waals surface area contributed by atoms with E-state index in [1.165, 1.54) is 6.07 Å². The molecule has 72 valence electrons. The van der Waals surface area contributed by atoms with E-state index in [-0.39, 0.29) is 11.1 Å². The highest BCUT2D eigenvalue weighted by molar-refractivity contribution is 9.09. The van der Waals surface area contributed by atoms with Gasteiger partial charge in [-0.15, -0.1) is 5.14 Å². The molecule has 0 aliphatic rings. The smallest absolute Gasteiger partial charge is 0.239 e. The number of halogens is 2. The molecule has 0 aliphatic heterocycles. The zero-order valence-corrected chi connectivity index (χ0v) is 10.2. The van der Waals surface area contributed by atoms with E-state index in [0.29, 0.717) is 14.1 Å². The summed E-state index contributed by atoms with van der Waals surface area (Å²) in [5.41, 5.74) is 0.340. The molecule has 0 amide bonds. The molecular weight excluding hydrogens is 298 g/mol. The van der Waals surface area contributed by atoms with Crippen LogP contribution in [0.4, 0.5) is 0 Å². The predicted octanol–water partition coefficient (Wildman–Crippen LogP) is 1.96. The van der Waals surface area contributed by atoms with Crippen LogP contribution in [0.3, 0.4) is 0 Å². The van der Waals surface area contributed by atoms with Crippen molar-refractivity contribution < 1.29 is 9.35 Å². The summed E-state index contributed by atoms with van der Waals surface area (Å²) in [6, 6.07) is 1.48. The van der Waals surface area contributed by atoms with Gasteiger partial charge in [0.05, 0.1) is 26.6 Å². The summed E-state index contributed by atoms with van der Waals surface area (Å²) in [4.78, 5) is 11.3. The minimum atomic E-state index is -1.65. The van der Waals surface area contributed by atoms with Gasteiger partial charge in [-0.1, -0.05) is 38.9 Å². The number of carbonyl (C=O) groups excluding carboxylic acids is 1. The third-order valence-corrected chi connectivity index (χ3v) is 4.17. The minimum Gasteiger partial charge on any atom is -0.592 e. The molecule has 1 aromatic rings. The number of thiophene rings is 1. The Morgan fingerprint density at radius 1 is 1.85 bits per heavy atom. The van der Waals surface area contributed by atoms with E-state index >= 15 is 0 Å². The minimum absolute atomic E-state index is 0.169. The quantitative estimate of drug-likeness (QED) is 0.527. The van der Waals surface area contributed by atoms with Crippen LogP contribution in [0.2, 0.25) is 4.34 Å². The molecule has 3 nitrogen and oxygen atoms in total. The van der Waals surface area contributed by atoms with Crippen molar-refractivity contribution in [1.29, 1.82) is 0 Å². The van der Waals surface area contributed by atoms with Gasteiger partial charge in [0.2, 0.25) is 4.21 Å². The predicted molar refractivity (Wildman–Crippen MR) is 58.0 cm³/mol. The first-order chi connectivity index (χ1) is 6.06. The van der Waals surface area contributed by atoms with Gasteiger partial charge < -0.3 is 4.55 Å². The summed E-state index contributed by atoms with van der Waals surface area (Å²) in [5, 5.41) is 5.35. The molecule has 0 aliphatic carbocycles. The Morgan fingerprint density at radius 2 is 2.46 bits per heavy atom. The van der Waals surface area contributed by atoms with E-state index < -0.39 is 11.4 Å². The van der Waals surface area contributed by atoms with Gasteiger partial charge in [0.1, 0.15) is 0 Å². The fourth-order valence-electron chi connectivity index (χ4n) is 0.761. The highest BCUT2D eigenvalue weighted by Crippen LogP contribution is 2.30. The number of carbonyl (C=O) groups is 1. The van der Waals surface area contributed by atoms with Gasteiger partial charge in [0.25, 0.3) is 0 Å². The Hall–Kier alpha value is 0.410. The SMILES string of the molecule is N[S+]([O-])c1sc(Cl)cc1C(=O)CBr. The molecule has 0 radical (unpaired) electrons. The molecule has 1 heterocycles. The van der Waals surface area contributed by atoms with Gasteiger partial charge in [-0.05, 0) is 6.07 Å². The van der Waals surface area contributed by atoms with Crippen molar-refractivity contribution >= 4 is 56.0 Å². The molecule has 0 saturated heterocycles. The van der Waals surface area contributed by atoms with Crippen molar-refractivity contribution in [1.82, 2.24) is 0 Å². The Balaban J connectivity index is 3.11. The van der Waals surface area contributed by atoms with E-state index in [1.807, 2.05) is 0 Å². The summed E-state index contributed by atoms with van der Waals surface area (Å²) < 4.78 is 11.7. The molecule has 0 spiro atoms. The van der Waals surface area contributed by atoms with Gasteiger partial charge in [-0.25, -0.2) is 0 Å². The summed E-state index contributed by atoms with van der Waals surface area (Å²) in [6.07, 6.45) is 0. The number of Topliss-reactive ketones (excluding diaryl/α,β-unsaturated/α-hetero) is 1. The number of nitrogens with two attached hydrogens (primary N) is 1. The van der Waals surface area contributed by atoms with Crippen LogP contribution in [0.15, 0.2) is 10.3 Å². The first-order valence-corrected chi connectivity index (χ1v) is 6.63. The highest BCUT2D eigenvalue weighted by atomic mass is 79.9. The molecule has 1 aromatic heterocycles. The van der Waals surface area contributed by atoms with Gasteiger partial charge >= 0.3 is 0 Å². The summed E-state index contributed by atoms with van der Waals surface area (Å²) in [5.74, 6) is -0.169. The van der Waals surface area contributed by atoms with Gasteiger partial charge in [-0.3, -0.25) is 4.79 Å². The van der Waals surface area contributed by atoms with Crippen LogP contribution < -0.4 is 5.14 Å². The number of hydrogen-bond acceptors (Lipinski definition) is 4. The standard InChI is InChI=1S/C6H5BrClNO2S2/c7-2-4(10)3-1-5(8)12-6(3)13(9)11/h1H,2,9H2. The lowest BCUT2D eigenvalue weighted by Crippen LogP contribution is -2.14. The van der Waals surface area contributed by atoms with Crippen LogP contribution in [0, 0.1) is 0 Å². The molecule has 1 rings (SSSR count). The lowest BCUT2D eigenvalue weighted by Gasteiger charge is -2.00. The van der Waals surface area contributed by atoms with Gasteiger partial charge in [0.15, 0.2) is 5.78 Å². The Kier molecular flexibility index (Phi) is 4.21. The largest absolute Gasteiger partial charge is 0.592 e. The zero-order chi connectivity index (χ0) is 10.0. The molecule has 1 atom stereocenters. The molecule has 2 N–H and O–H groups in total. The number of rotatable bonds is 3. The van der Waals surface area contributed by atoms with E-state index in [1.54, 1.807) is 0 Å². The van der Waals surface area contributed by atoms with Crippen molar-refractivity contribution in [3.8, 4) is 0 Å². The second-order valence-corrected chi connectivity index (χ2v) is 5.61. The zero-order valence-electron chi connectivity index (χ0n) is 6.25. The van der Waals surface area contributed by atoms with Crippen LogP contribution >= 0.6 is 38.9 Å². The fourth-order valence-corrected chi connectivity index (χ4v) is 3.16. The number of ketones is 1. The number of alkyl halides is 1. The molecule has 0 bridgehead atoms. The molecule has 0 fully saturated rings. The average Bonchev–Trinajstić information content (AvgIpc) is 2.46. The molecule has 7 heteroatoms. The third-order valence-electron chi connectivity index (χ3n) is 1.27. The molecule has 1 unspecified atom stereocenters. The Bertz CT molecular complexity index is 328. The van der Waals surface area contributed by atoms with E-state index in [9.17, 15) is 9.35 Å². The molecule has 0 aromatic carbocycles. The second kappa shape index (κ2) is 4.77. The van der Waals surface area contributed by atoms with Gasteiger partial charge in [-0.2, -0.15) is 0 Å². The summed E-state index contributed by atoms with van der Waals surface area (Å²) in [7, 11) is 0. The van der Waals surface area contributed by atoms with Crippen molar-refractivity contribution in [2.45, 2.75) is 4.21 Å². The molecular formula is C6H5BrClNO2S2. The van der Waals surface area contributed by atoms with Crippen LogP contribution in [-0.4, -0.2) is 15.7 Å². The van der Waals surface area contributed by atoms with Crippen molar-refractivity contribution in [2.24, 2.45) is 5.14 Å². The third kappa shape index (κ3) is 2.68. The normalized spacial score (nSPS) is 12.9. The molecule has 0 saturated carbocycles. The van der Waals surface area contributed by atoms with Crippen molar-refractivity contribution in [2.75, 3.05) is 5.33 Å². The Morgan fingerprint density at radius 3 is 2.92 bits per heavy atom. The topological polar surface area (TPSA) is 66.2 Å². The fraction of sp³-hybridized carbons (Fsp3) is 0.167. The van der Waals surface area contributed by atoms with E-state index in [4.69, 9.17) is 16.7 Å². The maximum Gasteiger partial charge on any atom is 0.239 e. The van der Waals surface area contributed by atoms with E-state index in [0.717, 1.165) is 11.3 Å². The van der Waals surface area contributed by atoms with Crippen LogP contribution in [0.5, 0.6) is 0 Å². The average molecular weight is 303 g/mol. The lowest BCUT2D eigenvalue weighted by atomic mass is 10.2. The maximum absolute atomic E-state index is 11.3. The van der Waals surface area contributed by atoms with Crippen LogP contribution in [0.25, 0.3) is 0 Å². The first kappa shape index (κ1) is 11.5. The number of hydrogen-bond donors (Lipinski definition) is 1. The lowest BCUT2D eigenvalue weighted by molar-refractivity contribution is 0.102. The summed E-state index contributed by atoms with van der Waals surface area (Å²) in [6.45, 7) is 0.